The Morgan fingerprint density at radius 3 is 1.16 bits per heavy atom. The summed E-state index contributed by atoms with van der Waals surface area (Å²) in [5.41, 5.74) is 5.41. The molecule has 0 saturated heterocycles. The third-order valence-corrected chi connectivity index (χ3v) is 8.32. The minimum absolute atomic E-state index is 0.917. The second kappa shape index (κ2) is 7.71. The van der Waals surface area contributed by atoms with Gasteiger partial charge in [0.2, 0.25) is 0 Å². The molecule has 0 fully saturated rings. The summed E-state index contributed by atoms with van der Waals surface area (Å²) in [4.78, 5) is 0. The van der Waals surface area contributed by atoms with E-state index in [9.17, 15) is 0 Å². The molecule has 0 heterocycles. The summed E-state index contributed by atoms with van der Waals surface area (Å²) in [6.45, 7) is 0. The van der Waals surface area contributed by atoms with E-state index in [-0.39, 0.29) is 0 Å². The Labute approximate surface area is 159 Å². The molecule has 0 nitrogen and oxygen atoms in total. The zero-order chi connectivity index (χ0) is 16.9. The molecule has 0 N–H and O–H groups in total. The van der Waals surface area contributed by atoms with Gasteiger partial charge in [0.25, 0.3) is 0 Å². The van der Waals surface area contributed by atoms with Crippen molar-refractivity contribution in [3.05, 3.63) is 109 Å². The molecule has 1 heteroatoms. The molecule has 0 aromatic heterocycles. The van der Waals surface area contributed by atoms with Gasteiger partial charge in [-0.2, -0.15) is 0 Å². The summed E-state index contributed by atoms with van der Waals surface area (Å²) in [5.74, 6) is 0. The molecule has 0 aliphatic rings. The van der Waals surface area contributed by atoms with Gasteiger partial charge in [0.1, 0.15) is 0 Å². The Morgan fingerprint density at radius 2 is 0.720 bits per heavy atom. The van der Waals surface area contributed by atoms with Crippen LogP contribution >= 0.6 is 0 Å². The second-order valence-corrected chi connectivity index (χ2v) is 9.74. The van der Waals surface area contributed by atoms with E-state index in [1.165, 1.54) is 29.4 Å². The van der Waals surface area contributed by atoms with Gasteiger partial charge in [-0.05, 0) is 0 Å². The summed E-state index contributed by atoms with van der Waals surface area (Å²) < 4.78 is 3.06. The molecule has 4 aromatic carbocycles. The molecule has 4 aromatic rings. The van der Waals surface area contributed by atoms with Crippen molar-refractivity contribution in [2.24, 2.45) is 0 Å². The van der Waals surface area contributed by atoms with Crippen LogP contribution < -0.4 is 7.16 Å². The van der Waals surface area contributed by atoms with Crippen LogP contribution in [-0.2, 0) is 0 Å². The van der Waals surface area contributed by atoms with Crippen LogP contribution in [0.4, 0.5) is 0 Å². The molecule has 0 amide bonds. The van der Waals surface area contributed by atoms with Gasteiger partial charge >= 0.3 is 160 Å². The van der Waals surface area contributed by atoms with E-state index in [0.717, 1.165) is 0 Å². The fourth-order valence-corrected chi connectivity index (χ4v) is 6.99. The van der Waals surface area contributed by atoms with E-state index >= 15 is 0 Å². The average Bonchev–Trinajstić information content (AvgIpc) is 2.70. The van der Waals surface area contributed by atoms with Gasteiger partial charge in [-0.25, -0.2) is 0 Å². The van der Waals surface area contributed by atoms with Crippen molar-refractivity contribution < 1.29 is 0 Å². The third-order valence-electron chi connectivity index (χ3n) is 4.29. The van der Waals surface area contributed by atoms with Gasteiger partial charge in [-0.15, -0.1) is 0 Å². The SMILES string of the molecule is c1ccc(-c2cccc[c]2[Sn][c]2ccccc2-c2ccccc2)cc1. The van der Waals surface area contributed by atoms with Gasteiger partial charge < -0.3 is 0 Å². The summed E-state index contributed by atoms with van der Waals surface area (Å²) in [6.07, 6.45) is 0. The van der Waals surface area contributed by atoms with Gasteiger partial charge in [-0.1, -0.05) is 0 Å². The van der Waals surface area contributed by atoms with Crippen molar-refractivity contribution in [2.45, 2.75) is 0 Å². The maximum absolute atomic E-state index is 2.32. The molecule has 0 spiro atoms. The molecular weight excluding hydrogens is 407 g/mol. The predicted molar refractivity (Wildman–Crippen MR) is 109 cm³/mol. The van der Waals surface area contributed by atoms with Crippen molar-refractivity contribution in [2.75, 3.05) is 0 Å². The molecule has 0 bridgehead atoms. The van der Waals surface area contributed by atoms with Crippen molar-refractivity contribution in [3.8, 4) is 22.3 Å². The van der Waals surface area contributed by atoms with E-state index in [0.29, 0.717) is 0 Å². The zero-order valence-electron chi connectivity index (χ0n) is 13.9. The molecular formula is C24H18Sn. The summed E-state index contributed by atoms with van der Waals surface area (Å²) in [5, 5.41) is 0. The second-order valence-electron chi connectivity index (χ2n) is 5.95. The Kier molecular flexibility index (Phi) is 4.98. The monoisotopic (exact) mass is 426 g/mol. The van der Waals surface area contributed by atoms with E-state index < -0.39 is 21.1 Å². The maximum atomic E-state index is 2.32. The predicted octanol–water partition coefficient (Wildman–Crippen LogP) is 4.68. The Bertz CT molecular complexity index is 878. The Hall–Kier alpha value is -2.32. The minimum atomic E-state index is -0.917. The first-order valence-corrected chi connectivity index (χ1v) is 11.3. The number of hydrogen-bond acceptors (Lipinski definition) is 0. The summed E-state index contributed by atoms with van der Waals surface area (Å²) in [6, 6.07) is 39.3. The molecule has 0 unspecified atom stereocenters. The third kappa shape index (κ3) is 3.69. The molecule has 0 atom stereocenters. The molecule has 25 heavy (non-hydrogen) atoms. The van der Waals surface area contributed by atoms with E-state index in [1.54, 1.807) is 0 Å². The van der Waals surface area contributed by atoms with Crippen LogP contribution in [0.25, 0.3) is 22.3 Å². The average molecular weight is 425 g/mol. The van der Waals surface area contributed by atoms with Crippen LogP contribution in [0.15, 0.2) is 109 Å². The van der Waals surface area contributed by atoms with Crippen molar-refractivity contribution in [1.29, 1.82) is 0 Å². The van der Waals surface area contributed by atoms with Gasteiger partial charge in [0, 0.05) is 0 Å². The van der Waals surface area contributed by atoms with E-state index in [4.69, 9.17) is 0 Å². The quantitative estimate of drug-likeness (QED) is 0.417. The first-order valence-electron chi connectivity index (χ1n) is 8.48. The normalized spacial score (nSPS) is 10.6. The molecule has 0 aliphatic carbocycles. The Balaban J connectivity index is 1.76. The standard InChI is InChI=1S/2C12H9.Sn/c2*1-3-7-11(8-4-1)12-9-5-2-6-10-12;/h2*1-9H;. The van der Waals surface area contributed by atoms with Crippen LogP contribution in [-0.4, -0.2) is 21.1 Å². The number of benzene rings is 4. The fourth-order valence-electron chi connectivity index (χ4n) is 3.07. The molecule has 0 saturated carbocycles. The van der Waals surface area contributed by atoms with Crippen molar-refractivity contribution in [1.82, 2.24) is 0 Å². The first-order chi connectivity index (χ1) is 12.4. The van der Waals surface area contributed by atoms with Gasteiger partial charge in [0.15, 0.2) is 0 Å². The molecule has 2 radical (unpaired) electrons. The molecule has 0 aliphatic heterocycles. The van der Waals surface area contributed by atoms with Crippen LogP contribution in [0.2, 0.25) is 0 Å². The molecule has 4 rings (SSSR count). The van der Waals surface area contributed by atoms with Crippen molar-refractivity contribution >= 4 is 28.3 Å². The van der Waals surface area contributed by atoms with Crippen LogP contribution in [0, 0.1) is 0 Å². The summed E-state index contributed by atoms with van der Waals surface area (Å²) in [7, 11) is 0. The van der Waals surface area contributed by atoms with Crippen molar-refractivity contribution in [3.63, 3.8) is 0 Å². The number of rotatable bonds is 4. The first kappa shape index (κ1) is 16.2. The van der Waals surface area contributed by atoms with Gasteiger partial charge in [-0.3, -0.25) is 0 Å². The number of hydrogen-bond donors (Lipinski definition) is 0. The molecule has 118 valence electrons. The van der Waals surface area contributed by atoms with Gasteiger partial charge in [0.05, 0.1) is 0 Å². The summed E-state index contributed by atoms with van der Waals surface area (Å²) >= 11 is -0.917. The van der Waals surface area contributed by atoms with Crippen LogP contribution in [0.1, 0.15) is 0 Å². The van der Waals surface area contributed by atoms with E-state index in [2.05, 4.69) is 109 Å². The zero-order valence-corrected chi connectivity index (χ0v) is 16.7. The van der Waals surface area contributed by atoms with Crippen LogP contribution in [0.5, 0.6) is 0 Å². The van der Waals surface area contributed by atoms with E-state index in [1.807, 2.05) is 0 Å². The topological polar surface area (TPSA) is 0 Å². The fraction of sp³-hybridized carbons (Fsp3) is 0. The van der Waals surface area contributed by atoms with Crippen LogP contribution in [0.3, 0.4) is 0 Å². The Morgan fingerprint density at radius 1 is 0.360 bits per heavy atom.